The molecule has 1 heterocycles. The Morgan fingerprint density at radius 1 is 1.38 bits per heavy atom. The van der Waals surface area contributed by atoms with Crippen molar-refractivity contribution in [3.05, 3.63) is 0 Å². The van der Waals surface area contributed by atoms with Gasteiger partial charge in [0.15, 0.2) is 0 Å². The fraction of sp³-hybridized carbons (Fsp3) is 0.818. The Labute approximate surface area is 118 Å². The van der Waals surface area contributed by atoms with E-state index in [1.54, 1.807) is 6.92 Å². The van der Waals surface area contributed by atoms with Crippen LogP contribution in [0.15, 0.2) is 0 Å². The number of halogens is 3. The zero-order valence-corrected chi connectivity index (χ0v) is 11.5. The van der Waals surface area contributed by atoms with Crippen LogP contribution in [-0.4, -0.2) is 70.7 Å². The Morgan fingerprint density at radius 2 is 1.95 bits per heavy atom. The maximum atomic E-state index is 12.8. The summed E-state index contributed by atoms with van der Waals surface area (Å²) >= 11 is 0. The van der Waals surface area contributed by atoms with Gasteiger partial charge in [0, 0.05) is 6.54 Å². The van der Waals surface area contributed by atoms with Crippen molar-refractivity contribution in [1.29, 1.82) is 0 Å². The monoisotopic (exact) mass is 314 g/mol. The summed E-state index contributed by atoms with van der Waals surface area (Å²) in [6, 6.07) is -1.18. The van der Waals surface area contributed by atoms with Gasteiger partial charge in [-0.2, -0.15) is 13.2 Å². The molecule has 122 valence electrons. The van der Waals surface area contributed by atoms with E-state index >= 15 is 0 Å². The van der Waals surface area contributed by atoms with Crippen LogP contribution in [0.25, 0.3) is 0 Å². The molecule has 0 aliphatic carbocycles. The molecule has 0 aromatic rings. The van der Waals surface area contributed by atoms with Gasteiger partial charge in [-0.25, -0.2) is 9.59 Å². The number of amides is 2. The minimum absolute atomic E-state index is 0.00408. The molecule has 0 saturated carbocycles. The van der Waals surface area contributed by atoms with Crippen LogP contribution in [0.4, 0.5) is 18.0 Å². The van der Waals surface area contributed by atoms with Crippen LogP contribution >= 0.6 is 0 Å². The first kappa shape index (κ1) is 17.5. The highest BCUT2D eigenvalue weighted by atomic mass is 19.4. The van der Waals surface area contributed by atoms with Crippen molar-refractivity contribution >= 4 is 12.0 Å². The van der Waals surface area contributed by atoms with E-state index in [1.807, 2.05) is 0 Å². The molecule has 1 saturated heterocycles. The van der Waals surface area contributed by atoms with Gasteiger partial charge < -0.3 is 25.2 Å². The number of rotatable bonds is 3. The van der Waals surface area contributed by atoms with E-state index in [1.165, 1.54) is 5.32 Å². The average Bonchev–Trinajstić information content (AvgIpc) is 2.36. The molecule has 0 aromatic heterocycles. The summed E-state index contributed by atoms with van der Waals surface area (Å²) in [7, 11) is 0. The van der Waals surface area contributed by atoms with Crippen LogP contribution < -0.4 is 5.32 Å². The van der Waals surface area contributed by atoms with Crippen molar-refractivity contribution in [2.45, 2.75) is 37.8 Å². The molecule has 0 bridgehead atoms. The molecular weight excluding hydrogens is 297 g/mol. The Morgan fingerprint density at radius 3 is 2.38 bits per heavy atom. The minimum Gasteiger partial charge on any atom is -0.479 e. The molecule has 7 nitrogen and oxygen atoms in total. The number of aliphatic hydroxyl groups is 1. The molecule has 1 aliphatic rings. The first-order chi connectivity index (χ1) is 9.51. The predicted molar refractivity (Wildman–Crippen MR) is 63.6 cm³/mol. The first-order valence-electron chi connectivity index (χ1n) is 6.14. The van der Waals surface area contributed by atoms with Crippen LogP contribution in [-0.2, 0) is 9.53 Å². The molecule has 1 aliphatic heterocycles. The number of urea groups is 1. The quantitative estimate of drug-likeness (QED) is 0.690. The number of hydrogen-bond donors (Lipinski definition) is 3. The van der Waals surface area contributed by atoms with Gasteiger partial charge in [-0.1, -0.05) is 0 Å². The second kappa shape index (κ2) is 6.06. The number of carbonyl (C=O) groups is 2. The molecule has 0 radical (unpaired) electrons. The molecule has 10 heteroatoms. The number of nitrogens with zero attached hydrogens (tertiary/aromatic N) is 1. The fourth-order valence-electron chi connectivity index (χ4n) is 1.85. The highest BCUT2D eigenvalue weighted by molar-refractivity contribution is 5.86. The van der Waals surface area contributed by atoms with Gasteiger partial charge in [0.25, 0.3) is 0 Å². The predicted octanol–water partition coefficient (Wildman–Crippen LogP) is 0.183. The van der Waals surface area contributed by atoms with E-state index in [0.29, 0.717) is 6.92 Å². The van der Waals surface area contributed by atoms with Crippen LogP contribution in [0.1, 0.15) is 13.8 Å². The van der Waals surface area contributed by atoms with Crippen molar-refractivity contribution in [3.63, 3.8) is 0 Å². The smallest absolute Gasteiger partial charge is 0.422 e. The normalized spacial score (nSPS) is 26.1. The molecule has 3 atom stereocenters. The molecule has 21 heavy (non-hydrogen) atoms. The molecule has 3 N–H and O–H groups in total. The lowest BCUT2D eigenvalue weighted by Crippen LogP contribution is -2.65. The van der Waals surface area contributed by atoms with Crippen molar-refractivity contribution in [2.24, 2.45) is 0 Å². The second-order valence-corrected chi connectivity index (χ2v) is 5.01. The Kier molecular flexibility index (Phi) is 5.05. The number of morpholine rings is 1. The number of carboxylic acids is 1. The van der Waals surface area contributed by atoms with Gasteiger partial charge in [0.05, 0.1) is 25.4 Å². The number of alkyl halides is 3. The molecule has 0 aromatic carbocycles. The standard InChI is InChI=1S/C11H17F3N2O5/c1-6-3-16(4-7(5-17)21-6)9(20)15-10(2,8(18)19)11(12,13)14/h6-7,17H,3-5H2,1-2H3,(H,15,20)(H,18,19). The number of carboxylic acid groups (broad SMARTS) is 1. The number of aliphatic hydroxyl groups excluding tert-OH is 1. The number of ether oxygens (including phenoxy) is 1. The van der Waals surface area contributed by atoms with E-state index in [0.717, 1.165) is 4.90 Å². The minimum atomic E-state index is -5.15. The molecule has 3 unspecified atom stereocenters. The van der Waals surface area contributed by atoms with Crippen LogP contribution in [0.2, 0.25) is 0 Å². The second-order valence-electron chi connectivity index (χ2n) is 5.01. The lowest BCUT2D eigenvalue weighted by atomic mass is 10.0. The van der Waals surface area contributed by atoms with E-state index < -0.39 is 42.5 Å². The van der Waals surface area contributed by atoms with E-state index in [2.05, 4.69) is 0 Å². The maximum Gasteiger partial charge on any atom is 0.422 e. The summed E-state index contributed by atoms with van der Waals surface area (Å²) in [4.78, 5) is 23.7. The van der Waals surface area contributed by atoms with Gasteiger partial charge in [0.1, 0.15) is 0 Å². The number of hydrogen-bond acceptors (Lipinski definition) is 4. The highest BCUT2D eigenvalue weighted by Crippen LogP contribution is 2.30. The van der Waals surface area contributed by atoms with Gasteiger partial charge in [0.2, 0.25) is 5.54 Å². The third kappa shape index (κ3) is 3.76. The zero-order chi connectivity index (χ0) is 16.4. The van der Waals surface area contributed by atoms with Crippen molar-refractivity contribution in [1.82, 2.24) is 10.2 Å². The SMILES string of the molecule is CC1CN(C(=O)NC(C)(C(=O)O)C(F)(F)F)CC(CO)O1. The van der Waals surface area contributed by atoms with Crippen molar-refractivity contribution < 1.29 is 37.7 Å². The number of nitrogens with one attached hydrogen (secondary N) is 1. The average molecular weight is 314 g/mol. The molecule has 1 fully saturated rings. The summed E-state index contributed by atoms with van der Waals surface area (Å²) in [6.45, 7) is 1.43. The van der Waals surface area contributed by atoms with E-state index in [4.69, 9.17) is 14.9 Å². The van der Waals surface area contributed by atoms with Crippen LogP contribution in [0.3, 0.4) is 0 Å². The van der Waals surface area contributed by atoms with Crippen molar-refractivity contribution in [3.8, 4) is 0 Å². The molecule has 1 rings (SSSR count). The lowest BCUT2D eigenvalue weighted by Gasteiger charge is -2.38. The van der Waals surface area contributed by atoms with E-state index in [-0.39, 0.29) is 13.1 Å². The first-order valence-corrected chi connectivity index (χ1v) is 6.14. The van der Waals surface area contributed by atoms with E-state index in [9.17, 15) is 22.8 Å². The summed E-state index contributed by atoms with van der Waals surface area (Å²) in [5.41, 5.74) is -3.39. The molecule has 0 spiro atoms. The zero-order valence-electron chi connectivity index (χ0n) is 11.5. The topological polar surface area (TPSA) is 99.1 Å². The lowest BCUT2D eigenvalue weighted by molar-refractivity contribution is -0.203. The summed E-state index contributed by atoms with van der Waals surface area (Å²) in [5.74, 6) is -2.21. The van der Waals surface area contributed by atoms with Crippen LogP contribution in [0, 0.1) is 0 Å². The van der Waals surface area contributed by atoms with Gasteiger partial charge >= 0.3 is 18.2 Å². The third-order valence-corrected chi connectivity index (χ3v) is 3.17. The van der Waals surface area contributed by atoms with Gasteiger partial charge in [-0.3, -0.25) is 0 Å². The molecular formula is C11H17F3N2O5. The summed E-state index contributed by atoms with van der Waals surface area (Å²) in [5, 5.41) is 19.2. The highest BCUT2D eigenvalue weighted by Gasteiger charge is 2.59. The van der Waals surface area contributed by atoms with Gasteiger partial charge in [-0.05, 0) is 13.8 Å². The Balaban J connectivity index is 2.85. The maximum absolute atomic E-state index is 12.8. The van der Waals surface area contributed by atoms with Gasteiger partial charge in [-0.15, -0.1) is 0 Å². The number of aliphatic carboxylic acids is 1. The Hall–Kier alpha value is -1.55. The Bertz CT molecular complexity index is 417. The summed E-state index contributed by atoms with van der Waals surface area (Å²) < 4.78 is 43.7. The third-order valence-electron chi connectivity index (χ3n) is 3.17. The summed E-state index contributed by atoms with van der Waals surface area (Å²) in [6.07, 6.45) is -6.35. The fourth-order valence-corrected chi connectivity index (χ4v) is 1.85. The largest absolute Gasteiger partial charge is 0.479 e. The van der Waals surface area contributed by atoms with Crippen LogP contribution in [0.5, 0.6) is 0 Å². The molecule has 2 amide bonds. The van der Waals surface area contributed by atoms with Crippen molar-refractivity contribution in [2.75, 3.05) is 19.7 Å². The number of carbonyl (C=O) groups excluding carboxylic acids is 1.